The Bertz CT molecular complexity index is 343. The second kappa shape index (κ2) is 16.7. The molecule has 0 N–H and O–H groups in total. The minimum Gasteiger partial charge on any atom is -0.0654 e. The van der Waals surface area contributed by atoms with Crippen LogP contribution in [0.3, 0.4) is 0 Å². The van der Waals surface area contributed by atoms with Crippen LogP contribution < -0.4 is 0 Å². The fourth-order valence-electron chi connectivity index (χ4n) is 6.50. The largest absolute Gasteiger partial charge is 0.0654 e. The quantitative estimate of drug-likeness (QED) is 0.224. The highest BCUT2D eigenvalue weighted by molar-refractivity contribution is 4.82. The van der Waals surface area contributed by atoms with Gasteiger partial charge >= 0.3 is 0 Å². The number of unbranched alkanes of at least 4 members (excludes halogenated alkanes) is 11. The lowest BCUT2D eigenvalue weighted by Crippen LogP contribution is -2.25. The molecule has 0 atom stereocenters. The Morgan fingerprint density at radius 1 is 0.379 bits per heavy atom. The first kappa shape index (κ1) is 25.3. The van der Waals surface area contributed by atoms with Gasteiger partial charge < -0.3 is 0 Å². The van der Waals surface area contributed by atoms with E-state index in [2.05, 4.69) is 13.8 Å². The zero-order chi connectivity index (χ0) is 20.6. The maximum atomic E-state index is 2.32. The molecule has 0 heteroatoms. The summed E-state index contributed by atoms with van der Waals surface area (Å²) in [5, 5.41) is 0. The Balaban J connectivity index is 1.45. The molecular formula is C29H56. The summed E-state index contributed by atoms with van der Waals surface area (Å²) in [5.74, 6) is 4.39. The minimum absolute atomic E-state index is 1.09. The van der Waals surface area contributed by atoms with Gasteiger partial charge in [-0.1, -0.05) is 136 Å². The van der Waals surface area contributed by atoms with E-state index in [1.54, 1.807) is 64.2 Å². The summed E-state index contributed by atoms with van der Waals surface area (Å²) in [4.78, 5) is 0. The third-order valence-corrected chi connectivity index (χ3v) is 8.63. The molecule has 0 aromatic heterocycles. The van der Waals surface area contributed by atoms with Gasteiger partial charge in [-0.3, -0.25) is 0 Å². The topological polar surface area (TPSA) is 0 Å². The zero-order valence-corrected chi connectivity index (χ0v) is 20.6. The zero-order valence-electron chi connectivity index (χ0n) is 20.6. The number of hydrogen-bond donors (Lipinski definition) is 0. The second-order valence-electron chi connectivity index (χ2n) is 11.0. The maximum absolute atomic E-state index is 2.32. The van der Waals surface area contributed by atoms with Gasteiger partial charge in [-0.2, -0.15) is 0 Å². The average Bonchev–Trinajstić information content (AvgIpc) is 2.76. The van der Waals surface area contributed by atoms with Crippen molar-refractivity contribution in [2.24, 2.45) is 23.7 Å². The summed E-state index contributed by atoms with van der Waals surface area (Å²) in [7, 11) is 0. The Morgan fingerprint density at radius 3 is 1.03 bits per heavy atom. The molecule has 0 bridgehead atoms. The number of hydrogen-bond acceptors (Lipinski definition) is 0. The molecule has 2 fully saturated rings. The molecular weight excluding hydrogens is 348 g/mol. The Kier molecular flexibility index (Phi) is 14.5. The van der Waals surface area contributed by atoms with Crippen molar-refractivity contribution in [1.82, 2.24) is 0 Å². The van der Waals surface area contributed by atoms with Crippen LogP contribution in [-0.2, 0) is 0 Å². The lowest BCUT2D eigenvalue weighted by molar-refractivity contribution is 0.139. The van der Waals surface area contributed by atoms with Crippen LogP contribution in [0.4, 0.5) is 0 Å². The molecule has 0 unspecified atom stereocenters. The fraction of sp³-hybridized carbons (Fsp3) is 1.00. The summed E-state index contributed by atoms with van der Waals surface area (Å²) in [6.07, 6.45) is 34.8. The molecule has 0 amide bonds. The molecule has 2 aliphatic rings. The molecule has 0 nitrogen and oxygen atoms in total. The van der Waals surface area contributed by atoms with E-state index >= 15 is 0 Å². The van der Waals surface area contributed by atoms with E-state index in [4.69, 9.17) is 0 Å². The SMILES string of the molecule is CCCCCCCCC[C@H]1CC[C@H]([C@H]2CC[C@H](CCCCCCCC)CC2)CC1. The van der Waals surface area contributed by atoms with Crippen molar-refractivity contribution in [2.45, 2.75) is 162 Å². The predicted octanol–water partition coefficient (Wildman–Crippen LogP) is 10.5. The summed E-state index contributed by atoms with van der Waals surface area (Å²) in [6.45, 7) is 4.64. The van der Waals surface area contributed by atoms with Crippen LogP contribution in [0.5, 0.6) is 0 Å². The van der Waals surface area contributed by atoms with E-state index in [-0.39, 0.29) is 0 Å². The molecule has 172 valence electrons. The van der Waals surface area contributed by atoms with E-state index < -0.39 is 0 Å². The highest BCUT2D eigenvalue weighted by Crippen LogP contribution is 2.43. The van der Waals surface area contributed by atoms with Gasteiger partial charge in [-0.25, -0.2) is 0 Å². The van der Waals surface area contributed by atoms with Crippen molar-refractivity contribution in [3.63, 3.8) is 0 Å². The highest BCUT2D eigenvalue weighted by Gasteiger charge is 2.30. The summed E-state index contributed by atoms with van der Waals surface area (Å²) >= 11 is 0. The first-order chi connectivity index (χ1) is 14.3. The van der Waals surface area contributed by atoms with Crippen LogP contribution in [0.15, 0.2) is 0 Å². The van der Waals surface area contributed by atoms with Gasteiger partial charge in [-0.05, 0) is 49.4 Å². The highest BCUT2D eigenvalue weighted by atomic mass is 14.4. The molecule has 2 aliphatic carbocycles. The van der Waals surface area contributed by atoms with Gasteiger partial charge in [0.2, 0.25) is 0 Å². The van der Waals surface area contributed by atoms with E-state index in [1.165, 1.54) is 83.5 Å². The molecule has 0 radical (unpaired) electrons. The van der Waals surface area contributed by atoms with Crippen LogP contribution in [0.2, 0.25) is 0 Å². The van der Waals surface area contributed by atoms with Crippen LogP contribution >= 0.6 is 0 Å². The van der Waals surface area contributed by atoms with Crippen molar-refractivity contribution in [3.8, 4) is 0 Å². The van der Waals surface area contributed by atoms with Crippen LogP contribution in [0.1, 0.15) is 162 Å². The van der Waals surface area contributed by atoms with Gasteiger partial charge in [0, 0.05) is 0 Å². The van der Waals surface area contributed by atoms with Gasteiger partial charge in [-0.15, -0.1) is 0 Å². The first-order valence-corrected chi connectivity index (χ1v) is 14.3. The molecule has 0 aromatic carbocycles. The molecule has 29 heavy (non-hydrogen) atoms. The summed E-state index contributed by atoms with van der Waals surface area (Å²) in [6, 6.07) is 0. The standard InChI is InChI=1S/C29H56/c1-3-5-7-9-11-13-15-17-27-20-24-29(25-21-27)28-22-18-26(19-23-28)16-14-12-10-8-6-4-2/h26-29H,3-25H2,1-2H3/t26-,27-,28-,29-. The summed E-state index contributed by atoms with van der Waals surface area (Å²) in [5.41, 5.74) is 0. The smallest absolute Gasteiger partial charge is 0.0386 e. The Hall–Kier alpha value is 0. The van der Waals surface area contributed by atoms with Crippen molar-refractivity contribution >= 4 is 0 Å². The second-order valence-corrected chi connectivity index (χ2v) is 11.0. The Morgan fingerprint density at radius 2 is 0.690 bits per heavy atom. The van der Waals surface area contributed by atoms with Gasteiger partial charge in [0.05, 0.1) is 0 Å². The lowest BCUT2D eigenvalue weighted by atomic mass is 9.68. The molecule has 0 spiro atoms. The minimum atomic E-state index is 1.09. The third-order valence-electron chi connectivity index (χ3n) is 8.63. The molecule has 0 heterocycles. The summed E-state index contributed by atoms with van der Waals surface area (Å²) < 4.78 is 0. The van der Waals surface area contributed by atoms with E-state index in [9.17, 15) is 0 Å². The van der Waals surface area contributed by atoms with Crippen molar-refractivity contribution in [3.05, 3.63) is 0 Å². The van der Waals surface area contributed by atoms with Crippen LogP contribution in [0, 0.1) is 23.7 Å². The normalized spacial score (nSPS) is 27.9. The van der Waals surface area contributed by atoms with E-state index in [0.29, 0.717) is 0 Å². The van der Waals surface area contributed by atoms with Crippen molar-refractivity contribution in [2.75, 3.05) is 0 Å². The van der Waals surface area contributed by atoms with Gasteiger partial charge in [0.25, 0.3) is 0 Å². The van der Waals surface area contributed by atoms with Gasteiger partial charge in [0.1, 0.15) is 0 Å². The lowest BCUT2D eigenvalue weighted by Gasteiger charge is -2.38. The van der Waals surface area contributed by atoms with Crippen molar-refractivity contribution in [1.29, 1.82) is 0 Å². The monoisotopic (exact) mass is 404 g/mol. The molecule has 2 rings (SSSR count). The molecule has 2 saturated carbocycles. The van der Waals surface area contributed by atoms with Crippen molar-refractivity contribution < 1.29 is 0 Å². The van der Waals surface area contributed by atoms with E-state index in [1.807, 2.05) is 0 Å². The molecule has 0 aromatic rings. The number of rotatable bonds is 16. The maximum Gasteiger partial charge on any atom is -0.0386 e. The average molecular weight is 405 g/mol. The van der Waals surface area contributed by atoms with Crippen LogP contribution in [0.25, 0.3) is 0 Å². The predicted molar refractivity (Wildman–Crippen MR) is 131 cm³/mol. The Labute approximate surface area is 185 Å². The first-order valence-electron chi connectivity index (χ1n) is 14.3. The molecule has 0 saturated heterocycles. The van der Waals surface area contributed by atoms with Gasteiger partial charge in [0.15, 0.2) is 0 Å². The third kappa shape index (κ3) is 11.3. The fourth-order valence-corrected chi connectivity index (χ4v) is 6.50. The van der Waals surface area contributed by atoms with Crippen LogP contribution in [-0.4, -0.2) is 0 Å². The molecule has 0 aliphatic heterocycles. The van der Waals surface area contributed by atoms with E-state index in [0.717, 1.165) is 23.7 Å².